The SMILES string of the molecule is O=C(O)[C@@]12CCC[C@H]1CN(c1ncccn1)C2. The zero-order chi connectivity index (χ0) is 11.9. The van der Waals surface area contributed by atoms with Gasteiger partial charge in [-0.1, -0.05) is 6.42 Å². The second-order valence-corrected chi connectivity index (χ2v) is 4.98. The van der Waals surface area contributed by atoms with Crippen molar-refractivity contribution in [3.8, 4) is 0 Å². The molecular weight excluding hydrogens is 218 g/mol. The molecule has 5 heteroatoms. The topological polar surface area (TPSA) is 66.3 Å². The Kier molecular flexibility index (Phi) is 2.28. The largest absolute Gasteiger partial charge is 0.481 e. The highest BCUT2D eigenvalue weighted by Crippen LogP contribution is 2.49. The van der Waals surface area contributed by atoms with Crippen LogP contribution < -0.4 is 4.90 Å². The van der Waals surface area contributed by atoms with Gasteiger partial charge in [-0.25, -0.2) is 9.97 Å². The van der Waals surface area contributed by atoms with Crippen molar-refractivity contribution in [2.75, 3.05) is 18.0 Å². The standard InChI is InChI=1S/C12H15N3O2/c16-10(17)12-4-1-3-9(12)7-15(8-12)11-13-5-2-6-14-11/h2,5-6,9H,1,3-4,7-8H2,(H,16,17)/t9-,12+/m0/s1. The van der Waals surface area contributed by atoms with E-state index in [9.17, 15) is 9.90 Å². The summed E-state index contributed by atoms with van der Waals surface area (Å²) in [7, 11) is 0. The minimum atomic E-state index is -0.654. The van der Waals surface area contributed by atoms with Gasteiger partial charge >= 0.3 is 5.97 Å². The van der Waals surface area contributed by atoms with E-state index in [1.54, 1.807) is 18.5 Å². The first-order valence-electron chi connectivity index (χ1n) is 5.98. The number of nitrogens with zero attached hydrogens (tertiary/aromatic N) is 3. The number of carboxylic acids is 1. The summed E-state index contributed by atoms with van der Waals surface area (Å²) in [5, 5.41) is 9.47. The molecule has 2 aliphatic rings. The van der Waals surface area contributed by atoms with Gasteiger partial charge in [0.1, 0.15) is 0 Å². The van der Waals surface area contributed by atoms with Crippen molar-refractivity contribution in [2.45, 2.75) is 19.3 Å². The number of aliphatic carboxylic acids is 1. The molecule has 1 N–H and O–H groups in total. The fourth-order valence-corrected chi connectivity index (χ4v) is 3.25. The number of hydrogen-bond acceptors (Lipinski definition) is 4. The number of anilines is 1. The average Bonchev–Trinajstić information content (AvgIpc) is 2.87. The van der Waals surface area contributed by atoms with Crippen molar-refractivity contribution in [1.82, 2.24) is 9.97 Å². The van der Waals surface area contributed by atoms with Crippen molar-refractivity contribution < 1.29 is 9.90 Å². The molecule has 1 aromatic heterocycles. The highest BCUT2D eigenvalue weighted by atomic mass is 16.4. The van der Waals surface area contributed by atoms with E-state index in [1.165, 1.54) is 0 Å². The lowest BCUT2D eigenvalue weighted by Gasteiger charge is -2.23. The summed E-state index contributed by atoms with van der Waals surface area (Å²) >= 11 is 0. The van der Waals surface area contributed by atoms with E-state index >= 15 is 0 Å². The van der Waals surface area contributed by atoms with Gasteiger partial charge in [0.15, 0.2) is 0 Å². The molecule has 0 unspecified atom stereocenters. The minimum absolute atomic E-state index is 0.254. The van der Waals surface area contributed by atoms with Crippen LogP contribution in [0.25, 0.3) is 0 Å². The number of carboxylic acid groups (broad SMARTS) is 1. The van der Waals surface area contributed by atoms with Crippen molar-refractivity contribution in [2.24, 2.45) is 11.3 Å². The number of fused-ring (bicyclic) bond motifs is 1. The molecule has 3 rings (SSSR count). The van der Waals surface area contributed by atoms with E-state index in [0.717, 1.165) is 25.8 Å². The van der Waals surface area contributed by atoms with E-state index in [4.69, 9.17) is 0 Å². The van der Waals surface area contributed by atoms with Gasteiger partial charge in [-0.3, -0.25) is 4.79 Å². The maximum absolute atomic E-state index is 11.5. The van der Waals surface area contributed by atoms with Gasteiger partial charge in [-0.15, -0.1) is 0 Å². The molecule has 1 aromatic rings. The van der Waals surface area contributed by atoms with Crippen molar-refractivity contribution >= 4 is 11.9 Å². The van der Waals surface area contributed by atoms with Crippen LogP contribution in [-0.2, 0) is 4.79 Å². The van der Waals surface area contributed by atoms with Crippen LogP contribution in [0.15, 0.2) is 18.5 Å². The molecule has 0 amide bonds. The molecule has 1 aliphatic heterocycles. The van der Waals surface area contributed by atoms with E-state index in [2.05, 4.69) is 9.97 Å². The Morgan fingerprint density at radius 2 is 2.24 bits per heavy atom. The Morgan fingerprint density at radius 1 is 1.47 bits per heavy atom. The van der Waals surface area contributed by atoms with E-state index in [1.807, 2.05) is 4.90 Å². The Bertz CT molecular complexity index is 437. The summed E-state index contributed by atoms with van der Waals surface area (Å²) < 4.78 is 0. The van der Waals surface area contributed by atoms with Gasteiger partial charge < -0.3 is 10.0 Å². The lowest BCUT2D eigenvalue weighted by molar-refractivity contribution is -0.149. The summed E-state index contributed by atoms with van der Waals surface area (Å²) in [6, 6.07) is 1.77. The molecule has 2 heterocycles. The molecule has 2 atom stereocenters. The predicted molar refractivity (Wildman–Crippen MR) is 61.7 cm³/mol. The quantitative estimate of drug-likeness (QED) is 0.830. The van der Waals surface area contributed by atoms with Crippen LogP contribution in [0.4, 0.5) is 5.95 Å². The summed E-state index contributed by atoms with van der Waals surface area (Å²) in [6.45, 7) is 1.33. The Labute approximate surface area is 99.5 Å². The second kappa shape index (κ2) is 3.68. The third-order valence-corrected chi connectivity index (χ3v) is 4.13. The Balaban J connectivity index is 1.88. The van der Waals surface area contributed by atoms with Gasteiger partial charge in [0.2, 0.25) is 5.95 Å². The molecule has 5 nitrogen and oxygen atoms in total. The third-order valence-electron chi connectivity index (χ3n) is 4.13. The van der Waals surface area contributed by atoms with Gasteiger partial charge in [-0.05, 0) is 24.8 Å². The molecule has 0 bridgehead atoms. The smallest absolute Gasteiger partial charge is 0.311 e. The molecule has 2 fully saturated rings. The zero-order valence-electron chi connectivity index (χ0n) is 9.54. The van der Waals surface area contributed by atoms with Crippen molar-refractivity contribution in [3.63, 3.8) is 0 Å². The molecule has 0 spiro atoms. The van der Waals surface area contributed by atoms with E-state index < -0.39 is 11.4 Å². The molecule has 0 radical (unpaired) electrons. The molecule has 17 heavy (non-hydrogen) atoms. The average molecular weight is 233 g/mol. The highest BCUT2D eigenvalue weighted by molar-refractivity contribution is 5.77. The maximum Gasteiger partial charge on any atom is 0.311 e. The summed E-state index contributed by atoms with van der Waals surface area (Å²) in [4.78, 5) is 21.9. The van der Waals surface area contributed by atoms with Crippen LogP contribution in [-0.4, -0.2) is 34.1 Å². The van der Waals surface area contributed by atoms with Gasteiger partial charge in [0.25, 0.3) is 0 Å². The van der Waals surface area contributed by atoms with Crippen molar-refractivity contribution in [3.05, 3.63) is 18.5 Å². The lowest BCUT2D eigenvalue weighted by Crippen LogP contribution is -2.36. The second-order valence-electron chi connectivity index (χ2n) is 4.98. The highest BCUT2D eigenvalue weighted by Gasteiger charge is 2.55. The van der Waals surface area contributed by atoms with E-state index in [0.29, 0.717) is 12.5 Å². The first-order chi connectivity index (χ1) is 8.22. The summed E-state index contributed by atoms with van der Waals surface area (Å²) in [5.74, 6) is 0.254. The fourth-order valence-electron chi connectivity index (χ4n) is 3.25. The number of aromatic nitrogens is 2. The third kappa shape index (κ3) is 1.49. The first kappa shape index (κ1) is 10.5. The van der Waals surface area contributed by atoms with Crippen LogP contribution in [0, 0.1) is 11.3 Å². The molecule has 1 saturated carbocycles. The number of carbonyl (C=O) groups is 1. The zero-order valence-corrected chi connectivity index (χ0v) is 9.54. The van der Waals surface area contributed by atoms with Gasteiger partial charge in [0, 0.05) is 25.5 Å². The predicted octanol–water partition coefficient (Wildman–Crippen LogP) is 1.17. The molecular formula is C12H15N3O2. The first-order valence-corrected chi connectivity index (χ1v) is 5.98. The summed E-state index contributed by atoms with van der Waals surface area (Å²) in [6.07, 6.45) is 6.22. The van der Waals surface area contributed by atoms with Crippen LogP contribution in [0.1, 0.15) is 19.3 Å². The van der Waals surface area contributed by atoms with Crippen LogP contribution in [0.2, 0.25) is 0 Å². The maximum atomic E-state index is 11.5. The molecule has 1 aliphatic carbocycles. The molecule has 0 aromatic carbocycles. The van der Waals surface area contributed by atoms with Crippen LogP contribution in [0.3, 0.4) is 0 Å². The normalized spacial score (nSPS) is 31.5. The van der Waals surface area contributed by atoms with Crippen molar-refractivity contribution in [1.29, 1.82) is 0 Å². The monoisotopic (exact) mass is 233 g/mol. The van der Waals surface area contributed by atoms with Crippen LogP contribution in [0.5, 0.6) is 0 Å². The van der Waals surface area contributed by atoms with E-state index in [-0.39, 0.29) is 5.92 Å². The van der Waals surface area contributed by atoms with Gasteiger partial charge in [0.05, 0.1) is 5.41 Å². The molecule has 90 valence electrons. The van der Waals surface area contributed by atoms with Gasteiger partial charge in [-0.2, -0.15) is 0 Å². The molecule has 1 saturated heterocycles. The fraction of sp³-hybridized carbons (Fsp3) is 0.583. The number of rotatable bonds is 2. The van der Waals surface area contributed by atoms with Crippen LogP contribution >= 0.6 is 0 Å². The Morgan fingerprint density at radius 3 is 2.88 bits per heavy atom. The number of hydrogen-bond donors (Lipinski definition) is 1. The lowest BCUT2D eigenvalue weighted by atomic mass is 9.81. The Hall–Kier alpha value is -1.65. The minimum Gasteiger partial charge on any atom is -0.481 e. The summed E-state index contributed by atoms with van der Waals surface area (Å²) in [5.41, 5.74) is -0.556.